The highest BCUT2D eigenvalue weighted by molar-refractivity contribution is 7.05. The summed E-state index contributed by atoms with van der Waals surface area (Å²) in [5.74, 6) is 0. The molecule has 2 rings (SSSR count). The van der Waals surface area contributed by atoms with Crippen molar-refractivity contribution in [3.05, 3.63) is 10.6 Å². The van der Waals surface area contributed by atoms with E-state index in [2.05, 4.69) is 14.9 Å². The van der Waals surface area contributed by atoms with Gasteiger partial charge in [-0.15, -0.1) is 5.10 Å². The highest BCUT2D eigenvalue weighted by atomic mass is 32.1. The molecule has 12 heavy (non-hydrogen) atoms. The number of nitrogens with zero attached hydrogens (tertiary/aromatic N) is 2. The minimum Gasteiger partial charge on any atom is -0.309 e. The van der Waals surface area contributed by atoms with Gasteiger partial charge in [0.05, 0.1) is 10.6 Å². The molecule has 1 aliphatic carbocycles. The maximum atomic E-state index is 3.97. The zero-order valence-electron chi connectivity index (χ0n) is 7.21. The number of aryl methyl sites for hydroxylation is 1. The summed E-state index contributed by atoms with van der Waals surface area (Å²) in [5.41, 5.74) is 1.08. The number of nitrogens with one attached hydrogen (secondary N) is 1. The highest BCUT2D eigenvalue weighted by Crippen LogP contribution is 2.19. The van der Waals surface area contributed by atoms with Crippen LogP contribution in [0.3, 0.4) is 0 Å². The van der Waals surface area contributed by atoms with Crippen molar-refractivity contribution in [2.75, 3.05) is 0 Å². The Balaban J connectivity index is 1.82. The fraction of sp³-hybridized carbons (Fsp3) is 0.750. The van der Waals surface area contributed by atoms with Gasteiger partial charge >= 0.3 is 0 Å². The predicted molar refractivity (Wildman–Crippen MR) is 49.1 cm³/mol. The van der Waals surface area contributed by atoms with Crippen molar-refractivity contribution in [1.29, 1.82) is 0 Å². The average Bonchev–Trinajstić information content (AvgIpc) is 2.33. The molecule has 0 radical (unpaired) electrons. The Hall–Kier alpha value is -0.480. The van der Waals surface area contributed by atoms with E-state index in [1.54, 1.807) is 0 Å². The highest BCUT2D eigenvalue weighted by Gasteiger charge is 2.16. The van der Waals surface area contributed by atoms with Gasteiger partial charge in [0.2, 0.25) is 0 Å². The molecule has 3 nitrogen and oxygen atoms in total. The van der Waals surface area contributed by atoms with E-state index in [-0.39, 0.29) is 0 Å². The zero-order chi connectivity index (χ0) is 8.39. The Morgan fingerprint density at radius 3 is 2.92 bits per heavy atom. The van der Waals surface area contributed by atoms with Crippen molar-refractivity contribution in [2.45, 2.75) is 38.8 Å². The fourth-order valence-electron chi connectivity index (χ4n) is 1.26. The maximum Gasteiger partial charge on any atom is 0.0769 e. The topological polar surface area (TPSA) is 37.8 Å². The van der Waals surface area contributed by atoms with E-state index in [0.29, 0.717) is 0 Å². The van der Waals surface area contributed by atoms with Gasteiger partial charge in [0.15, 0.2) is 0 Å². The Labute approximate surface area is 76.4 Å². The van der Waals surface area contributed by atoms with Crippen LogP contribution in [0.25, 0.3) is 0 Å². The first-order valence-electron chi connectivity index (χ1n) is 4.37. The standard InChI is InChI=1S/C8H13N3S/c1-6-8(12-11-10-6)5-9-7-3-2-4-7/h7,9H,2-5H2,1H3. The molecule has 1 aromatic rings. The van der Waals surface area contributed by atoms with E-state index in [4.69, 9.17) is 0 Å². The average molecular weight is 183 g/mol. The van der Waals surface area contributed by atoms with E-state index < -0.39 is 0 Å². The Bertz CT molecular complexity index is 255. The van der Waals surface area contributed by atoms with Gasteiger partial charge in [-0.1, -0.05) is 10.9 Å². The molecule has 0 atom stereocenters. The van der Waals surface area contributed by atoms with Gasteiger partial charge in [0.1, 0.15) is 0 Å². The summed E-state index contributed by atoms with van der Waals surface area (Å²) < 4.78 is 3.90. The number of rotatable bonds is 3. The Morgan fingerprint density at radius 2 is 2.42 bits per heavy atom. The summed E-state index contributed by atoms with van der Waals surface area (Å²) >= 11 is 1.50. The summed E-state index contributed by atoms with van der Waals surface area (Å²) in [6.07, 6.45) is 4.06. The van der Waals surface area contributed by atoms with Crippen LogP contribution in [0.15, 0.2) is 0 Å². The molecule has 66 valence electrons. The minimum atomic E-state index is 0.756. The lowest BCUT2D eigenvalue weighted by atomic mass is 9.93. The third kappa shape index (κ3) is 1.64. The van der Waals surface area contributed by atoms with Gasteiger partial charge in [-0.2, -0.15) is 0 Å². The van der Waals surface area contributed by atoms with E-state index >= 15 is 0 Å². The molecule has 1 saturated carbocycles. The summed E-state index contributed by atoms with van der Waals surface area (Å²) in [6, 6.07) is 0.756. The van der Waals surface area contributed by atoms with Crippen LogP contribution >= 0.6 is 11.5 Å². The lowest BCUT2D eigenvalue weighted by Crippen LogP contribution is -2.34. The molecule has 1 heterocycles. The van der Waals surface area contributed by atoms with Crippen molar-refractivity contribution in [1.82, 2.24) is 14.9 Å². The third-order valence-corrected chi connectivity index (χ3v) is 3.23. The van der Waals surface area contributed by atoms with E-state index in [9.17, 15) is 0 Å². The second kappa shape index (κ2) is 3.49. The smallest absolute Gasteiger partial charge is 0.0769 e. The van der Waals surface area contributed by atoms with Crippen molar-refractivity contribution < 1.29 is 0 Å². The molecule has 0 unspecified atom stereocenters. The van der Waals surface area contributed by atoms with Crippen LogP contribution in [0.2, 0.25) is 0 Å². The molecule has 1 N–H and O–H groups in total. The monoisotopic (exact) mass is 183 g/mol. The quantitative estimate of drug-likeness (QED) is 0.771. The van der Waals surface area contributed by atoms with E-state index in [1.165, 1.54) is 35.7 Å². The molecule has 0 amide bonds. The molecule has 1 fully saturated rings. The zero-order valence-corrected chi connectivity index (χ0v) is 8.02. The first-order valence-corrected chi connectivity index (χ1v) is 5.15. The number of aromatic nitrogens is 2. The Kier molecular flexibility index (Phi) is 2.37. The Morgan fingerprint density at radius 1 is 1.58 bits per heavy atom. The largest absolute Gasteiger partial charge is 0.309 e. The van der Waals surface area contributed by atoms with Crippen molar-refractivity contribution in [3.63, 3.8) is 0 Å². The molecule has 0 spiro atoms. The SMILES string of the molecule is Cc1nnsc1CNC1CCC1. The molecule has 0 aromatic carbocycles. The van der Waals surface area contributed by atoms with Crippen LogP contribution in [-0.2, 0) is 6.54 Å². The molecule has 4 heteroatoms. The normalized spacial score (nSPS) is 17.8. The molecule has 0 saturated heterocycles. The predicted octanol–water partition coefficient (Wildman–Crippen LogP) is 1.49. The number of hydrogen-bond acceptors (Lipinski definition) is 4. The van der Waals surface area contributed by atoms with E-state index in [0.717, 1.165) is 18.3 Å². The molecule has 0 aliphatic heterocycles. The summed E-state index contributed by atoms with van der Waals surface area (Å²) in [7, 11) is 0. The lowest BCUT2D eigenvalue weighted by Gasteiger charge is -2.26. The lowest BCUT2D eigenvalue weighted by molar-refractivity contribution is 0.339. The molecular weight excluding hydrogens is 170 g/mol. The van der Waals surface area contributed by atoms with Crippen LogP contribution in [0.1, 0.15) is 29.8 Å². The van der Waals surface area contributed by atoms with Gasteiger partial charge in [0, 0.05) is 12.6 Å². The first kappa shape index (κ1) is 8.13. The number of hydrogen-bond donors (Lipinski definition) is 1. The van der Waals surface area contributed by atoms with Crippen molar-refractivity contribution in [2.24, 2.45) is 0 Å². The summed E-state index contributed by atoms with van der Waals surface area (Å²) in [5, 5.41) is 7.46. The van der Waals surface area contributed by atoms with Crippen LogP contribution in [0.4, 0.5) is 0 Å². The fourth-order valence-corrected chi connectivity index (χ4v) is 1.85. The summed E-state index contributed by atoms with van der Waals surface area (Å²) in [6.45, 7) is 2.97. The van der Waals surface area contributed by atoms with E-state index in [1.807, 2.05) is 6.92 Å². The van der Waals surface area contributed by atoms with Gasteiger partial charge in [0.25, 0.3) is 0 Å². The maximum absolute atomic E-state index is 3.97. The van der Waals surface area contributed by atoms with Gasteiger partial charge in [-0.05, 0) is 31.3 Å². The molecular formula is C8H13N3S. The summed E-state index contributed by atoms with van der Waals surface area (Å²) in [4.78, 5) is 1.28. The van der Waals surface area contributed by atoms with Gasteiger partial charge in [-0.25, -0.2) is 0 Å². The van der Waals surface area contributed by atoms with Crippen LogP contribution in [-0.4, -0.2) is 15.6 Å². The molecule has 0 bridgehead atoms. The van der Waals surface area contributed by atoms with Crippen molar-refractivity contribution >= 4 is 11.5 Å². The first-order chi connectivity index (χ1) is 5.86. The third-order valence-electron chi connectivity index (χ3n) is 2.40. The molecule has 1 aromatic heterocycles. The van der Waals surface area contributed by atoms with Crippen LogP contribution in [0, 0.1) is 6.92 Å². The second-order valence-corrected chi connectivity index (χ2v) is 4.13. The molecule has 1 aliphatic rings. The minimum absolute atomic E-state index is 0.756. The van der Waals surface area contributed by atoms with Crippen LogP contribution in [0.5, 0.6) is 0 Å². The second-order valence-electron chi connectivity index (χ2n) is 3.29. The van der Waals surface area contributed by atoms with Crippen LogP contribution < -0.4 is 5.32 Å². The van der Waals surface area contributed by atoms with Gasteiger partial charge < -0.3 is 5.32 Å². The van der Waals surface area contributed by atoms with Crippen molar-refractivity contribution in [3.8, 4) is 0 Å². The van der Waals surface area contributed by atoms with Gasteiger partial charge in [-0.3, -0.25) is 0 Å².